The number of aromatic nitrogens is 2. The fourth-order valence-corrected chi connectivity index (χ4v) is 5.15. The number of unbranched alkanes of at least 4 members (excludes halogenated alkanes) is 3. The van der Waals surface area contributed by atoms with Gasteiger partial charge in [-0.2, -0.15) is 13.2 Å². The minimum Gasteiger partial charge on any atom is -0.435 e. The molecule has 0 saturated carbocycles. The number of alkyl halides is 3. The highest BCUT2D eigenvalue weighted by Gasteiger charge is 2.41. The van der Waals surface area contributed by atoms with Crippen molar-refractivity contribution in [1.29, 1.82) is 0 Å². The first-order chi connectivity index (χ1) is 19.6. The number of carbonyl (C=O) groups is 2. The highest BCUT2D eigenvalue weighted by atomic mass is 19.4. The second kappa shape index (κ2) is 15.8. The van der Waals surface area contributed by atoms with Gasteiger partial charge >= 0.3 is 6.18 Å². The van der Waals surface area contributed by atoms with Crippen molar-refractivity contribution in [3.8, 4) is 0 Å². The standard InChI is InChI=1S/C30H44F3N5O3/c1-4-7-8-9-10-21(6-3)19-26-37-28(30(31,32)33)27(41-26)29(40)36-23-11-12-24(35-20-23)38-16-13-22(14-17-38)18-25(39)34-15-5-2/h11-12,20-22H,4-10,13-19H2,1-3H3,(H,34,39)(H,36,40). The van der Waals surface area contributed by atoms with E-state index in [0.717, 1.165) is 70.9 Å². The van der Waals surface area contributed by atoms with Crippen molar-refractivity contribution in [2.75, 3.05) is 29.9 Å². The predicted octanol–water partition coefficient (Wildman–Crippen LogP) is 7.01. The van der Waals surface area contributed by atoms with Gasteiger partial charge in [0.2, 0.25) is 11.7 Å². The maximum absolute atomic E-state index is 13.7. The van der Waals surface area contributed by atoms with E-state index in [0.29, 0.717) is 24.7 Å². The van der Waals surface area contributed by atoms with Crippen LogP contribution in [0.4, 0.5) is 24.7 Å². The quantitative estimate of drug-likeness (QED) is 0.220. The van der Waals surface area contributed by atoms with Crippen LogP contribution in [0.15, 0.2) is 22.7 Å². The van der Waals surface area contributed by atoms with Crippen molar-refractivity contribution in [2.45, 2.75) is 97.6 Å². The number of piperidine rings is 1. The van der Waals surface area contributed by atoms with Gasteiger partial charge in [-0.3, -0.25) is 9.59 Å². The van der Waals surface area contributed by atoms with Crippen LogP contribution in [-0.2, 0) is 17.4 Å². The van der Waals surface area contributed by atoms with Gasteiger partial charge in [-0.1, -0.05) is 52.9 Å². The molecular formula is C30H44F3N5O3. The summed E-state index contributed by atoms with van der Waals surface area (Å²) in [6, 6.07) is 3.34. The molecule has 1 aliphatic rings. The molecule has 2 aromatic heterocycles. The van der Waals surface area contributed by atoms with Crippen LogP contribution in [-0.4, -0.2) is 41.4 Å². The van der Waals surface area contributed by atoms with E-state index >= 15 is 0 Å². The number of anilines is 2. The monoisotopic (exact) mass is 579 g/mol. The minimum absolute atomic E-state index is 0.0652. The van der Waals surface area contributed by atoms with Crippen molar-refractivity contribution in [3.05, 3.63) is 35.7 Å². The molecule has 3 heterocycles. The topological polar surface area (TPSA) is 100 Å². The molecular weight excluding hydrogens is 535 g/mol. The van der Waals surface area contributed by atoms with Gasteiger partial charge in [-0.25, -0.2) is 9.97 Å². The molecule has 41 heavy (non-hydrogen) atoms. The summed E-state index contributed by atoms with van der Waals surface area (Å²) in [5, 5.41) is 5.40. The Kier molecular flexibility index (Phi) is 12.5. The third-order valence-corrected chi connectivity index (χ3v) is 7.64. The molecule has 0 aliphatic carbocycles. The molecule has 0 bridgehead atoms. The molecule has 1 saturated heterocycles. The van der Waals surface area contributed by atoms with Gasteiger partial charge in [0, 0.05) is 32.5 Å². The first kappa shape index (κ1) is 32.4. The number of halogens is 3. The van der Waals surface area contributed by atoms with E-state index in [1.165, 1.54) is 6.20 Å². The predicted molar refractivity (Wildman–Crippen MR) is 153 cm³/mol. The summed E-state index contributed by atoms with van der Waals surface area (Å²) >= 11 is 0. The lowest BCUT2D eigenvalue weighted by atomic mass is 9.93. The van der Waals surface area contributed by atoms with E-state index < -0.39 is 23.5 Å². The molecule has 1 unspecified atom stereocenters. The zero-order valence-corrected chi connectivity index (χ0v) is 24.5. The fourth-order valence-electron chi connectivity index (χ4n) is 5.15. The van der Waals surface area contributed by atoms with Crippen LogP contribution in [0.3, 0.4) is 0 Å². The summed E-state index contributed by atoms with van der Waals surface area (Å²) in [4.78, 5) is 35.1. The first-order valence-corrected chi connectivity index (χ1v) is 15.0. The third kappa shape index (κ3) is 10.0. The highest BCUT2D eigenvalue weighted by molar-refractivity contribution is 6.03. The second-order valence-corrected chi connectivity index (χ2v) is 11.0. The number of hydrogen-bond donors (Lipinski definition) is 2. The molecule has 0 spiro atoms. The van der Waals surface area contributed by atoms with Crippen LogP contribution >= 0.6 is 0 Å². The molecule has 2 amide bonds. The van der Waals surface area contributed by atoms with Crippen LogP contribution in [0.5, 0.6) is 0 Å². The van der Waals surface area contributed by atoms with Crippen LogP contribution < -0.4 is 15.5 Å². The van der Waals surface area contributed by atoms with E-state index in [1.807, 2.05) is 13.8 Å². The van der Waals surface area contributed by atoms with Gasteiger partial charge < -0.3 is 20.0 Å². The summed E-state index contributed by atoms with van der Waals surface area (Å²) in [6.07, 6.45) is 6.04. The number of pyridine rings is 1. The third-order valence-electron chi connectivity index (χ3n) is 7.64. The van der Waals surface area contributed by atoms with Gasteiger partial charge in [0.15, 0.2) is 11.6 Å². The van der Waals surface area contributed by atoms with E-state index in [1.54, 1.807) is 12.1 Å². The van der Waals surface area contributed by atoms with Gasteiger partial charge in [0.1, 0.15) is 5.82 Å². The number of oxazole rings is 1. The fraction of sp³-hybridized carbons (Fsp3) is 0.667. The Morgan fingerprint density at radius 3 is 2.46 bits per heavy atom. The number of rotatable bonds is 15. The molecule has 11 heteroatoms. The maximum atomic E-state index is 13.7. The van der Waals surface area contributed by atoms with E-state index in [9.17, 15) is 22.8 Å². The molecule has 1 fully saturated rings. The smallest absolute Gasteiger partial charge is 0.435 e. The Balaban J connectivity index is 1.59. The van der Waals surface area contributed by atoms with Crippen molar-refractivity contribution in [2.24, 2.45) is 11.8 Å². The first-order valence-electron chi connectivity index (χ1n) is 15.0. The Labute approximate surface area is 240 Å². The molecule has 0 radical (unpaired) electrons. The molecule has 3 rings (SSSR count). The number of nitrogens with zero attached hydrogens (tertiary/aromatic N) is 3. The lowest BCUT2D eigenvalue weighted by molar-refractivity contribution is -0.141. The highest BCUT2D eigenvalue weighted by Crippen LogP contribution is 2.33. The second-order valence-electron chi connectivity index (χ2n) is 11.0. The molecule has 2 N–H and O–H groups in total. The lowest BCUT2D eigenvalue weighted by Crippen LogP contribution is -2.36. The summed E-state index contributed by atoms with van der Waals surface area (Å²) in [5.41, 5.74) is -1.05. The zero-order valence-electron chi connectivity index (χ0n) is 24.5. The van der Waals surface area contributed by atoms with Crippen LogP contribution in [0.25, 0.3) is 0 Å². The molecule has 228 valence electrons. The van der Waals surface area contributed by atoms with E-state index in [4.69, 9.17) is 4.42 Å². The van der Waals surface area contributed by atoms with Gasteiger partial charge in [-0.15, -0.1) is 0 Å². The number of nitrogens with one attached hydrogen (secondary N) is 2. The van der Waals surface area contributed by atoms with E-state index in [2.05, 4.69) is 32.4 Å². The van der Waals surface area contributed by atoms with Crippen molar-refractivity contribution >= 4 is 23.3 Å². The average molecular weight is 580 g/mol. The Hall–Kier alpha value is -3.11. The van der Waals surface area contributed by atoms with Gasteiger partial charge in [-0.05, 0) is 49.7 Å². The Bertz CT molecular complexity index is 1100. The van der Waals surface area contributed by atoms with Crippen LogP contribution in [0.1, 0.15) is 107 Å². The summed E-state index contributed by atoms with van der Waals surface area (Å²) in [7, 11) is 0. The zero-order chi connectivity index (χ0) is 29.8. The van der Waals surface area contributed by atoms with Gasteiger partial charge in [0.05, 0.1) is 11.9 Å². The Morgan fingerprint density at radius 2 is 1.85 bits per heavy atom. The number of carbonyl (C=O) groups excluding carboxylic acids is 2. The van der Waals surface area contributed by atoms with Crippen molar-refractivity contribution < 1.29 is 27.2 Å². The van der Waals surface area contributed by atoms with Crippen molar-refractivity contribution in [1.82, 2.24) is 15.3 Å². The van der Waals surface area contributed by atoms with Gasteiger partial charge in [0.25, 0.3) is 5.91 Å². The number of amides is 2. The molecule has 8 nitrogen and oxygen atoms in total. The Morgan fingerprint density at radius 1 is 1.10 bits per heavy atom. The SMILES string of the molecule is CCCCCCC(CC)Cc1nc(C(F)(F)F)c(C(=O)Nc2ccc(N3CCC(CC(=O)NCCC)CC3)nc2)o1. The largest absolute Gasteiger partial charge is 0.437 e. The van der Waals surface area contributed by atoms with Crippen LogP contribution in [0.2, 0.25) is 0 Å². The van der Waals surface area contributed by atoms with E-state index in [-0.39, 0.29) is 29.8 Å². The summed E-state index contributed by atoms with van der Waals surface area (Å²) in [6.45, 7) is 8.33. The summed E-state index contributed by atoms with van der Waals surface area (Å²) < 4.78 is 46.6. The molecule has 1 aliphatic heterocycles. The molecule has 1 atom stereocenters. The summed E-state index contributed by atoms with van der Waals surface area (Å²) in [5.74, 6) is -0.647. The lowest BCUT2D eigenvalue weighted by Gasteiger charge is -2.32. The molecule has 0 aromatic carbocycles. The van der Waals surface area contributed by atoms with Crippen LogP contribution in [0, 0.1) is 11.8 Å². The van der Waals surface area contributed by atoms with Crippen molar-refractivity contribution in [3.63, 3.8) is 0 Å². The number of hydrogen-bond acceptors (Lipinski definition) is 6. The molecule has 2 aromatic rings. The minimum atomic E-state index is -4.82. The normalized spacial score (nSPS) is 15.1. The average Bonchev–Trinajstić information content (AvgIpc) is 3.39. The maximum Gasteiger partial charge on any atom is 0.437 e.